The predicted molar refractivity (Wildman–Crippen MR) is 53.0 cm³/mol. The highest BCUT2D eigenvalue weighted by Crippen LogP contribution is 2.09. The second-order valence-electron chi connectivity index (χ2n) is 3.55. The zero-order chi connectivity index (χ0) is 11.0. The van der Waals surface area contributed by atoms with E-state index >= 15 is 0 Å². The highest BCUT2D eigenvalue weighted by atomic mass is 16.4. The van der Waals surface area contributed by atoms with Gasteiger partial charge in [0.2, 0.25) is 0 Å². The number of rotatable bonds is 8. The van der Waals surface area contributed by atoms with Crippen LogP contribution >= 0.6 is 0 Å². The monoisotopic (exact) mass is 204 g/mol. The number of aliphatic carboxylic acids is 1. The van der Waals surface area contributed by atoms with Crippen molar-refractivity contribution in [2.45, 2.75) is 57.7 Å². The van der Waals surface area contributed by atoms with Crippen molar-refractivity contribution >= 4 is 5.97 Å². The van der Waals surface area contributed by atoms with Gasteiger partial charge in [-0.25, -0.2) is 4.79 Å². The smallest absolute Gasteiger partial charge is 0.335 e. The molecule has 2 atom stereocenters. The molecule has 0 spiro atoms. The van der Waals surface area contributed by atoms with Crippen LogP contribution in [-0.2, 0) is 4.79 Å². The molecule has 0 saturated carbocycles. The van der Waals surface area contributed by atoms with E-state index in [2.05, 4.69) is 6.92 Å². The van der Waals surface area contributed by atoms with Gasteiger partial charge in [-0.15, -0.1) is 0 Å². The Labute approximate surface area is 84.6 Å². The van der Waals surface area contributed by atoms with Crippen molar-refractivity contribution in [3.8, 4) is 0 Å². The van der Waals surface area contributed by atoms with Crippen LogP contribution in [0.15, 0.2) is 0 Å². The summed E-state index contributed by atoms with van der Waals surface area (Å²) in [5.41, 5.74) is 0. The van der Waals surface area contributed by atoms with Gasteiger partial charge in [0.15, 0.2) is 6.10 Å². The van der Waals surface area contributed by atoms with Crippen LogP contribution in [0.3, 0.4) is 0 Å². The van der Waals surface area contributed by atoms with Gasteiger partial charge in [-0.3, -0.25) is 0 Å². The van der Waals surface area contributed by atoms with Gasteiger partial charge in [0.1, 0.15) is 0 Å². The summed E-state index contributed by atoms with van der Waals surface area (Å²) in [5.74, 6) is -1.36. The van der Waals surface area contributed by atoms with Gasteiger partial charge >= 0.3 is 5.97 Å². The van der Waals surface area contributed by atoms with Gasteiger partial charge < -0.3 is 15.3 Å². The highest BCUT2D eigenvalue weighted by molar-refractivity contribution is 5.72. The molecule has 2 unspecified atom stereocenters. The van der Waals surface area contributed by atoms with E-state index in [0.717, 1.165) is 32.1 Å². The summed E-state index contributed by atoms with van der Waals surface area (Å²) in [6.45, 7) is 2.11. The van der Waals surface area contributed by atoms with Crippen LogP contribution in [0.2, 0.25) is 0 Å². The molecule has 0 rings (SSSR count). The van der Waals surface area contributed by atoms with Gasteiger partial charge in [-0.2, -0.15) is 0 Å². The van der Waals surface area contributed by atoms with E-state index < -0.39 is 18.2 Å². The number of carboxylic acids is 1. The average Bonchev–Trinajstić information content (AvgIpc) is 2.16. The van der Waals surface area contributed by atoms with Crippen molar-refractivity contribution < 1.29 is 20.1 Å². The number of carboxylic acid groups (broad SMARTS) is 1. The Morgan fingerprint density at radius 1 is 1.14 bits per heavy atom. The van der Waals surface area contributed by atoms with Gasteiger partial charge in [0.05, 0.1) is 6.10 Å². The van der Waals surface area contributed by atoms with Crippen molar-refractivity contribution in [1.82, 2.24) is 0 Å². The zero-order valence-corrected chi connectivity index (χ0v) is 8.65. The molecule has 0 radical (unpaired) electrons. The van der Waals surface area contributed by atoms with E-state index in [9.17, 15) is 9.90 Å². The molecule has 0 aliphatic rings. The highest BCUT2D eigenvalue weighted by Gasteiger charge is 2.22. The van der Waals surface area contributed by atoms with Crippen LogP contribution in [0.5, 0.6) is 0 Å². The average molecular weight is 204 g/mol. The predicted octanol–water partition coefficient (Wildman–Crippen LogP) is 1.15. The summed E-state index contributed by atoms with van der Waals surface area (Å²) in [6, 6.07) is 0. The molecule has 0 aromatic heterocycles. The van der Waals surface area contributed by atoms with Crippen molar-refractivity contribution in [3.05, 3.63) is 0 Å². The molecule has 0 heterocycles. The van der Waals surface area contributed by atoms with Crippen LogP contribution in [0.1, 0.15) is 45.4 Å². The Balaban J connectivity index is 3.43. The topological polar surface area (TPSA) is 77.8 Å². The first-order chi connectivity index (χ1) is 6.59. The Bertz CT molecular complexity index is 158. The Morgan fingerprint density at radius 2 is 1.71 bits per heavy atom. The van der Waals surface area contributed by atoms with Crippen LogP contribution in [-0.4, -0.2) is 33.5 Å². The third kappa shape index (κ3) is 5.94. The third-order valence-electron chi connectivity index (χ3n) is 2.22. The zero-order valence-electron chi connectivity index (χ0n) is 8.65. The molecule has 84 valence electrons. The van der Waals surface area contributed by atoms with Crippen molar-refractivity contribution in [2.75, 3.05) is 0 Å². The minimum absolute atomic E-state index is 0.358. The number of hydrogen-bond acceptors (Lipinski definition) is 3. The minimum Gasteiger partial charge on any atom is -0.479 e. The Hall–Kier alpha value is -0.610. The summed E-state index contributed by atoms with van der Waals surface area (Å²) in [7, 11) is 0. The van der Waals surface area contributed by atoms with Crippen LogP contribution in [0.25, 0.3) is 0 Å². The minimum atomic E-state index is -1.64. The van der Waals surface area contributed by atoms with Gasteiger partial charge in [0, 0.05) is 0 Å². The first kappa shape index (κ1) is 13.4. The molecule has 4 heteroatoms. The first-order valence-corrected chi connectivity index (χ1v) is 5.18. The largest absolute Gasteiger partial charge is 0.479 e. The van der Waals surface area contributed by atoms with E-state index in [1.165, 1.54) is 0 Å². The van der Waals surface area contributed by atoms with Crippen LogP contribution < -0.4 is 0 Å². The van der Waals surface area contributed by atoms with Crippen LogP contribution in [0.4, 0.5) is 0 Å². The van der Waals surface area contributed by atoms with E-state index in [-0.39, 0.29) is 0 Å². The van der Waals surface area contributed by atoms with Gasteiger partial charge in [0.25, 0.3) is 0 Å². The maximum atomic E-state index is 10.3. The molecular formula is C10H20O4. The quantitative estimate of drug-likeness (QED) is 0.518. The summed E-state index contributed by atoms with van der Waals surface area (Å²) >= 11 is 0. The molecule has 0 saturated heterocycles. The normalized spacial score (nSPS) is 15.1. The third-order valence-corrected chi connectivity index (χ3v) is 2.22. The number of aliphatic hydroxyl groups excluding tert-OH is 2. The maximum absolute atomic E-state index is 10.3. The Kier molecular flexibility index (Phi) is 7.42. The molecule has 0 bridgehead atoms. The summed E-state index contributed by atoms with van der Waals surface area (Å²) < 4.78 is 0. The second kappa shape index (κ2) is 7.76. The molecular weight excluding hydrogens is 184 g/mol. The fourth-order valence-corrected chi connectivity index (χ4v) is 1.28. The van der Waals surface area contributed by atoms with E-state index in [1.807, 2.05) is 0 Å². The summed E-state index contributed by atoms with van der Waals surface area (Å²) in [6.07, 6.45) is 2.76. The maximum Gasteiger partial charge on any atom is 0.335 e. The van der Waals surface area contributed by atoms with Crippen molar-refractivity contribution in [1.29, 1.82) is 0 Å². The second-order valence-corrected chi connectivity index (χ2v) is 3.55. The molecule has 4 nitrogen and oxygen atoms in total. The molecule has 0 aromatic rings. The fourth-order valence-electron chi connectivity index (χ4n) is 1.28. The van der Waals surface area contributed by atoms with E-state index in [0.29, 0.717) is 6.42 Å². The van der Waals surface area contributed by atoms with Crippen molar-refractivity contribution in [3.63, 3.8) is 0 Å². The Morgan fingerprint density at radius 3 is 2.21 bits per heavy atom. The number of aliphatic hydroxyl groups is 2. The first-order valence-electron chi connectivity index (χ1n) is 5.18. The molecule has 0 aliphatic heterocycles. The molecule has 14 heavy (non-hydrogen) atoms. The molecule has 0 fully saturated rings. The lowest BCUT2D eigenvalue weighted by molar-refractivity contribution is -0.153. The number of carbonyl (C=O) groups is 1. The van der Waals surface area contributed by atoms with E-state index in [1.54, 1.807) is 0 Å². The summed E-state index contributed by atoms with van der Waals surface area (Å²) in [5, 5.41) is 26.5. The molecule has 0 aliphatic carbocycles. The SMILES string of the molecule is CCCCCCCC(O)C(O)C(=O)O. The van der Waals surface area contributed by atoms with Crippen molar-refractivity contribution in [2.24, 2.45) is 0 Å². The van der Waals surface area contributed by atoms with Gasteiger partial charge in [-0.1, -0.05) is 39.0 Å². The van der Waals surface area contributed by atoms with Gasteiger partial charge in [-0.05, 0) is 6.42 Å². The lowest BCUT2D eigenvalue weighted by Crippen LogP contribution is -2.33. The standard InChI is InChI=1S/C10H20O4/c1-2-3-4-5-6-7-8(11)9(12)10(13)14/h8-9,11-12H,2-7H2,1H3,(H,13,14). The summed E-state index contributed by atoms with van der Waals surface area (Å²) in [4.78, 5) is 10.3. The molecule has 0 aromatic carbocycles. The lowest BCUT2D eigenvalue weighted by Gasteiger charge is -2.13. The lowest BCUT2D eigenvalue weighted by atomic mass is 10.0. The molecule has 3 N–H and O–H groups in total. The number of unbranched alkanes of at least 4 members (excludes halogenated alkanes) is 4. The van der Waals surface area contributed by atoms with Crippen LogP contribution in [0, 0.1) is 0 Å². The number of hydrogen-bond donors (Lipinski definition) is 3. The molecule has 0 amide bonds. The van der Waals surface area contributed by atoms with E-state index in [4.69, 9.17) is 10.2 Å². The fraction of sp³-hybridized carbons (Fsp3) is 0.900.